The summed E-state index contributed by atoms with van der Waals surface area (Å²) in [5.41, 5.74) is 0.426. The number of hydrogen-bond acceptors (Lipinski definition) is 2. The number of hydrogen-bond donors (Lipinski definition) is 1. The molecule has 0 bridgehead atoms. The first-order valence-electron chi connectivity index (χ1n) is 4.45. The van der Waals surface area contributed by atoms with Crippen molar-refractivity contribution >= 4 is 0 Å². The fourth-order valence-corrected chi connectivity index (χ4v) is 1.53. The Morgan fingerprint density at radius 2 is 2.27 bits per heavy atom. The second-order valence-electron chi connectivity index (χ2n) is 3.98. The van der Waals surface area contributed by atoms with Crippen LogP contribution < -0.4 is 5.32 Å². The van der Waals surface area contributed by atoms with Gasteiger partial charge in [-0.3, -0.25) is 0 Å². The van der Waals surface area contributed by atoms with Gasteiger partial charge < -0.3 is 10.1 Å². The molecular formula is C9H19NO. The van der Waals surface area contributed by atoms with Gasteiger partial charge in [0.1, 0.15) is 0 Å². The lowest BCUT2D eigenvalue weighted by atomic mass is 9.83. The van der Waals surface area contributed by atoms with Gasteiger partial charge in [0.15, 0.2) is 0 Å². The molecule has 1 N–H and O–H groups in total. The minimum absolute atomic E-state index is 0.426. The SMILES string of the molecule is CCOCC1CNCC1(C)C. The van der Waals surface area contributed by atoms with Gasteiger partial charge in [-0.05, 0) is 12.3 Å². The van der Waals surface area contributed by atoms with E-state index in [1.807, 2.05) is 0 Å². The van der Waals surface area contributed by atoms with E-state index in [9.17, 15) is 0 Å². The van der Waals surface area contributed by atoms with Gasteiger partial charge in [0.05, 0.1) is 6.61 Å². The Kier molecular flexibility index (Phi) is 2.90. The predicted octanol–water partition coefficient (Wildman–Crippen LogP) is 1.27. The van der Waals surface area contributed by atoms with E-state index >= 15 is 0 Å². The van der Waals surface area contributed by atoms with Crippen LogP contribution in [0.3, 0.4) is 0 Å². The summed E-state index contributed by atoms with van der Waals surface area (Å²) >= 11 is 0. The third kappa shape index (κ3) is 2.17. The lowest BCUT2D eigenvalue weighted by molar-refractivity contribution is 0.0801. The Balaban J connectivity index is 2.32. The van der Waals surface area contributed by atoms with Gasteiger partial charge in [0.25, 0.3) is 0 Å². The Morgan fingerprint density at radius 3 is 2.73 bits per heavy atom. The number of ether oxygens (including phenoxy) is 1. The van der Waals surface area contributed by atoms with Crippen LogP contribution in [0.15, 0.2) is 0 Å². The molecule has 1 unspecified atom stereocenters. The van der Waals surface area contributed by atoms with Gasteiger partial charge in [-0.2, -0.15) is 0 Å². The highest BCUT2D eigenvalue weighted by Crippen LogP contribution is 2.29. The molecule has 11 heavy (non-hydrogen) atoms. The van der Waals surface area contributed by atoms with Gasteiger partial charge in [0.2, 0.25) is 0 Å². The molecular weight excluding hydrogens is 138 g/mol. The zero-order valence-electron chi connectivity index (χ0n) is 7.81. The molecule has 2 heteroatoms. The van der Waals surface area contributed by atoms with E-state index in [2.05, 4.69) is 26.1 Å². The van der Waals surface area contributed by atoms with Crippen molar-refractivity contribution in [2.75, 3.05) is 26.3 Å². The topological polar surface area (TPSA) is 21.3 Å². The summed E-state index contributed by atoms with van der Waals surface area (Å²) in [6.45, 7) is 10.7. The Bertz CT molecular complexity index is 123. The van der Waals surface area contributed by atoms with Crippen molar-refractivity contribution in [1.82, 2.24) is 5.32 Å². The molecule has 0 saturated carbocycles. The van der Waals surface area contributed by atoms with Crippen molar-refractivity contribution in [2.24, 2.45) is 11.3 Å². The summed E-state index contributed by atoms with van der Waals surface area (Å²) in [5, 5.41) is 3.39. The minimum atomic E-state index is 0.426. The summed E-state index contributed by atoms with van der Waals surface area (Å²) in [6.07, 6.45) is 0. The van der Waals surface area contributed by atoms with E-state index in [1.54, 1.807) is 0 Å². The van der Waals surface area contributed by atoms with Crippen LogP contribution in [0, 0.1) is 11.3 Å². The van der Waals surface area contributed by atoms with Crippen LogP contribution in [0.4, 0.5) is 0 Å². The van der Waals surface area contributed by atoms with Crippen LogP contribution in [0.25, 0.3) is 0 Å². The van der Waals surface area contributed by atoms with Crippen LogP contribution in [-0.4, -0.2) is 26.3 Å². The van der Waals surface area contributed by atoms with E-state index in [0.717, 1.165) is 26.3 Å². The van der Waals surface area contributed by atoms with Crippen molar-refractivity contribution < 1.29 is 4.74 Å². The van der Waals surface area contributed by atoms with Crippen molar-refractivity contribution in [2.45, 2.75) is 20.8 Å². The van der Waals surface area contributed by atoms with Crippen LogP contribution in [0.2, 0.25) is 0 Å². The highest BCUT2D eigenvalue weighted by Gasteiger charge is 2.33. The quantitative estimate of drug-likeness (QED) is 0.666. The molecule has 1 heterocycles. The van der Waals surface area contributed by atoms with Gasteiger partial charge in [-0.15, -0.1) is 0 Å². The molecule has 0 aromatic carbocycles. The van der Waals surface area contributed by atoms with Gasteiger partial charge in [-0.1, -0.05) is 13.8 Å². The molecule has 1 atom stereocenters. The van der Waals surface area contributed by atoms with Gasteiger partial charge >= 0.3 is 0 Å². The van der Waals surface area contributed by atoms with Gasteiger partial charge in [-0.25, -0.2) is 0 Å². The molecule has 66 valence electrons. The molecule has 0 spiro atoms. The maximum atomic E-state index is 5.41. The molecule has 0 aliphatic carbocycles. The molecule has 0 aromatic rings. The summed E-state index contributed by atoms with van der Waals surface area (Å²) in [4.78, 5) is 0. The van der Waals surface area contributed by atoms with Crippen LogP contribution >= 0.6 is 0 Å². The van der Waals surface area contributed by atoms with E-state index in [4.69, 9.17) is 4.74 Å². The molecule has 0 amide bonds. The third-order valence-corrected chi connectivity index (χ3v) is 2.60. The van der Waals surface area contributed by atoms with Crippen molar-refractivity contribution in [3.8, 4) is 0 Å². The van der Waals surface area contributed by atoms with Crippen molar-refractivity contribution in [1.29, 1.82) is 0 Å². The highest BCUT2D eigenvalue weighted by molar-refractivity contribution is 4.87. The maximum absolute atomic E-state index is 5.41. The van der Waals surface area contributed by atoms with Crippen LogP contribution in [-0.2, 0) is 4.74 Å². The molecule has 2 nitrogen and oxygen atoms in total. The van der Waals surface area contributed by atoms with E-state index in [0.29, 0.717) is 11.3 Å². The lowest BCUT2D eigenvalue weighted by Gasteiger charge is -2.25. The summed E-state index contributed by atoms with van der Waals surface area (Å²) in [7, 11) is 0. The average molecular weight is 157 g/mol. The number of nitrogens with one attached hydrogen (secondary N) is 1. The largest absolute Gasteiger partial charge is 0.381 e. The minimum Gasteiger partial charge on any atom is -0.381 e. The third-order valence-electron chi connectivity index (χ3n) is 2.60. The van der Waals surface area contributed by atoms with Crippen LogP contribution in [0.1, 0.15) is 20.8 Å². The maximum Gasteiger partial charge on any atom is 0.0511 e. The molecule has 1 saturated heterocycles. The lowest BCUT2D eigenvalue weighted by Crippen LogP contribution is -2.26. The normalized spacial score (nSPS) is 29.2. The van der Waals surface area contributed by atoms with E-state index in [-0.39, 0.29) is 0 Å². The highest BCUT2D eigenvalue weighted by atomic mass is 16.5. The Morgan fingerprint density at radius 1 is 1.55 bits per heavy atom. The molecule has 0 radical (unpaired) electrons. The Labute approximate surface area is 69.3 Å². The summed E-state index contributed by atoms with van der Waals surface area (Å²) in [6, 6.07) is 0. The van der Waals surface area contributed by atoms with Gasteiger partial charge in [0, 0.05) is 25.6 Å². The first-order chi connectivity index (χ1) is 5.17. The molecule has 1 aliphatic rings. The first-order valence-corrected chi connectivity index (χ1v) is 4.45. The van der Waals surface area contributed by atoms with E-state index in [1.165, 1.54) is 0 Å². The van der Waals surface area contributed by atoms with Crippen molar-refractivity contribution in [3.05, 3.63) is 0 Å². The first kappa shape index (κ1) is 9.01. The fraction of sp³-hybridized carbons (Fsp3) is 1.00. The standard InChI is InChI=1S/C9H19NO/c1-4-11-6-8-5-10-7-9(8,2)3/h8,10H,4-7H2,1-3H3. The monoisotopic (exact) mass is 157 g/mol. The van der Waals surface area contributed by atoms with Crippen LogP contribution in [0.5, 0.6) is 0 Å². The second kappa shape index (κ2) is 3.55. The zero-order valence-corrected chi connectivity index (χ0v) is 7.81. The van der Waals surface area contributed by atoms with Crippen molar-refractivity contribution in [3.63, 3.8) is 0 Å². The molecule has 0 aromatic heterocycles. The molecule has 1 fully saturated rings. The predicted molar refractivity (Wildman–Crippen MR) is 46.6 cm³/mol. The average Bonchev–Trinajstić information content (AvgIpc) is 2.25. The number of rotatable bonds is 3. The second-order valence-corrected chi connectivity index (χ2v) is 3.98. The molecule has 1 rings (SSSR count). The smallest absolute Gasteiger partial charge is 0.0511 e. The fourth-order valence-electron chi connectivity index (χ4n) is 1.53. The summed E-state index contributed by atoms with van der Waals surface area (Å²) in [5.74, 6) is 0.697. The van der Waals surface area contributed by atoms with E-state index < -0.39 is 0 Å². The molecule has 1 aliphatic heterocycles. The summed E-state index contributed by atoms with van der Waals surface area (Å²) < 4.78 is 5.41. The Hall–Kier alpha value is -0.0800. The zero-order chi connectivity index (χ0) is 8.32.